The highest BCUT2D eigenvalue weighted by atomic mass is 28.3. The first-order chi connectivity index (χ1) is 7.57. The average molecular weight is 246 g/mol. The molecule has 1 aliphatic rings. The van der Waals surface area contributed by atoms with E-state index >= 15 is 0 Å². The van der Waals surface area contributed by atoms with Gasteiger partial charge in [-0.05, 0) is 12.8 Å². The Morgan fingerprint density at radius 2 is 1.75 bits per heavy atom. The van der Waals surface area contributed by atoms with Gasteiger partial charge in [-0.25, -0.2) is 0 Å². The van der Waals surface area contributed by atoms with Crippen LogP contribution in [0.3, 0.4) is 0 Å². The summed E-state index contributed by atoms with van der Waals surface area (Å²) in [6.07, 6.45) is 1.13. The maximum absolute atomic E-state index is 11.8. The van der Waals surface area contributed by atoms with Crippen molar-refractivity contribution in [3.05, 3.63) is 0 Å². The van der Waals surface area contributed by atoms with Crippen LogP contribution in [0.25, 0.3) is 0 Å². The SMILES string of the molecule is CCC1(CC)C(=O)OC(=O)C1[SiH](OC)OC. The van der Waals surface area contributed by atoms with Crippen molar-refractivity contribution in [3.8, 4) is 0 Å². The molecule has 1 heterocycles. The number of esters is 2. The third-order valence-electron chi connectivity index (χ3n) is 3.45. The quantitative estimate of drug-likeness (QED) is 0.407. The van der Waals surface area contributed by atoms with Gasteiger partial charge in [-0.2, -0.15) is 0 Å². The van der Waals surface area contributed by atoms with Gasteiger partial charge in [0.25, 0.3) is 0 Å². The zero-order valence-electron chi connectivity index (χ0n) is 10.1. The van der Waals surface area contributed by atoms with Gasteiger partial charge in [0.1, 0.15) is 5.54 Å². The van der Waals surface area contributed by atoms with Gasteiger partial charge >= 0.3 is 21.2 Å². The molecule has 1 atom stereocenters. The van der Waals surface area contributed by atoms with Crippen LogP contribution in [0.1, 0.15) is 26.7 Å². The zero-order chi connectivity index (χ0) is 12.3. The monoisotopic (exact) mass is 246 g/mol. The Labute approximate surface area is 96.9 Å². The molecule has 0 bridgehead atoms. The van der Waals surface area contributed by atoms with Crippen molar-refractivity contribution in [1.29, 1.82) is 0 Å². The number of hydrogen-bond acceptors (Lipinski definition) is 5. The van der Waals surface area contributed by atoms with E-state index in [-0.39, 0.29) is 0 Å². The second kappa shape index (κ2) is 5.07. The molecule has 5 nitrogen and oxygen atoms in total. The summed E-state index contributed by atoms with van der Waals surface area (Å²) in [6.45, 7) is 3.76. The van der Waals surface area contributed by atoms with Crippen molar-refractivity contribution < 1.29 is 23.2 Å². The number of ether oxygens (including phenoxy) is 1. The summed E-state index contributed by atoms with van der Waals surface area (Å²) in [5.41, 5.74) is -1.29. The second-order valence-electron chi connectivity index (χ2n) is 3.89. The Kier molecular flexibility index (Phi) is 4.23. The summed E-state index contributed by atoms with van der Waals surface area (Å²) < 4.78 is 15.2. The Morgan fingerprint density at radius 1 is 1.25 bits per heavy atom. The Bertz CT molecular complexity index is 283. The maximum atomic E-state index is 11.8. The molecule has 0 amide bonds. The van der Waals surface area contributed by atoms with Crippen molar-refractivity contribution in [3.63, 3.8) is 0 Å². The van der Waals surface area contributed by atoms with E-state index in [0.717, 1.165) is 0 Å². The van der Waals surface area contributed by atoms with Crippen LogP contribution in [0.4, 0.5) is 0 Å². The molecule has 1 aliphatic heterocycles. The molecule has 1 fully saturated rings. The molecule has 0 spiro atoms. The molecule has 1 unspecified atom stereocenters. The van der Waals surface area contributed by atoms with E-state index in [0.29, 0.717) is 12.8 Å². The van der Waals surface area contributed by atoms with Crippen molar-refractivity contribution in [2.24, 2.45) is 5.41 Å². The fourth-order valence-electron chi connectivity index (χ4n) is 2.33. The van der Waals surface area contributed by atoms with Gasteiger partial charge in [-0.15, -0.1) is 0 Å². The first-order valence-electron chi connectivity index (χ1n) is 5.39. The van der Waals surface area contributed by atoms with Gasteiger partial charge in [0.2, 0.25) is 0 Å². The van der Waals surface area contributed by atoms with Crippen LogP contribution < -0.4 is 0 Å². The Balaban J connectivity index is 3.11. The summed E-state index contributed by atoms with van der Waals surface area (Å²) in [5.74, 6) is -0.923. The highest BCUT2D eigenvalue weighted by Gasteiger charge is 2.60. The zero-order valence-corrected chi connectivity index (χ0v) is 11.3. The summed E-state index contributed by atoms with van der Waals surface area (Å²) in [7, 11) is 0.816. The van der Waals surface area contributed by atoms with Crippen molar-refractivity contribution >= 4 is 21.2 Å². The molecular weight excluding hydrogens is 228 g/mol. The van der Waals surface area contributed by atoms with Gasteiger partial charge in [-0.3, -0.25) is 9.59 Å². The molecular formula is C10H18O5Si. The van der Waals surface area contributed by atoms with E-state index < -0.39 is 32.2 Å². The van der Waals surface area contributed by atoms with Gasteiger partial charge in [0.05, 0.1) is 5.41 Å². The first-order valence-corrected chi connectivity index (χ1v) is 7.00. The smallest absolute Gasteiger partial charge is 0.336 e. The summed E-state index contributed by atoms with van der Waals surface area (Å²) in [4.78, 5) is 23.5. The molecule has 0 N–H and O–H groups in total. The van der Waals surface area contributed by atoms with E-state index in [1.54, 1.807) is 0 Å². The molecule has 92 valence electrons. The molecule has 0 aliphatic carbocycles. The summed E-state index contributed by atoms with van der Waals surface area (Å²) >= 11 is 0. The Hall–Kier alpha value is -0.723. The molecule has 1 saturated heterocycles. The van der Waals surface area contributed by atoms with E-state index in [9.17, 15) is 9.59 Å². The van der Waals surface area contributed by atoms with Crippen LogP contribution in [0, 0.1) is 5.41 Å². The van der Waals surface area contributed by atoms with E-state index in [1.807, 2.05) is 13.8 Å². The molecule has 16 heavy (non-hydrogen) atoms. The predicted molar refractivity (Wildman–Crippen MR) is 59.0 cm³/mol. The second-order valence-corrected chi connectivity index (χ2v) is 6.24. The fourth-order valence-corrected chi connectivity index (χ4v) is 4.48. The highest BCUT2D eigenvalue weighted by Crippen LogP contribution is 2.48. The topological polar surface area (TPSA) is 61.8 Å². The van der Waals surface area contributed by atoms with Crippen LogP contribution in [0.2, 0.25) is 5.54 Å². The largest absolute Gasteiger partial charge is 0.399 e. The number of carbonyl (C=O) groups excluding carboxylic acids is 2. The number of hydrogen-bond donors (Lipinski definition) is 0. The normalized spacial score (nSPS) is 23.9. The van der Waals surface area contributed by atoms with Crippen molar-refractivity contribution in [2.75, 3.05) is 14.2 Å². The molecule has 1 rings (SSSR count). The minimum Gasteiger partial charge on any atom is -0.399 e. The van der Waals surface area contributed by atoms with Crippen LogP contribution in [-0.4, -0.2) is 35.4 Å². The molecule has 0 radical (unpaired) electrons. The van der Waals surface area contributed by atoms with Gasteiger partial charge in [0, 0.05) is 14.2 Å². The number of rotatable bonds is 5. The molecule has 0 aromatic carbocycles. The van der Waals surface area contributed by atoms with Gasteiger partial charge in [0.15, 0.2) is 0 Å². The third-order valence-corrected chi connectivity index (χ3v) is 5.83. The van der Waals surface area contributed by atoms with Crippen LogP contribution in [0.5, 0.6) is 0 Å². The van der Waals surface area contributed by atoms with Gasteiger partial charge in [-0.1, -0.05) is 13.8 Å². The number of carbonyl (C=O) groups is 2. The molecule has 0 aromatic heterocycles. The minimum absolute atomic E-state index is 0.431. The van der Waals surface area contributed by atoms with Gasteiger partial charge < -0.3 is 13.6 Å². The van der Waals surface area contributed by atoms with Crippen molar-refractivity contribution in [2.45, 2.75) is 32.2 Å². The third kappa shape index (κ3) is 1.81. The first kappa shape index (κ1) is 13.3. The maximum Gasteiger partial charge on any atom is 0.336 e. The number of cyclic esters (lactones) is 2. The van der Waals surface area contributed by atoms with E-state index in [2.05, 4.69) is 0 Å². The highest BCUT2D eigenvalue weighted by molar-refractivity contribution is 6.53. The summed E-state index contributed by atoms with van der Waals surface area (Å²) in [5, 5.41) is 0. The van der Waals surface area contributed by atoms with Crippen LogP contribution in [-0.2, 0) is 23.2 Å². The molecule has 6 heteroatoms. The average Bonchev–Trinajstić information content (AvgIpc) is 2.53. The molecule has 0 saturated carbocycles. The lowest BCUT2D eigenvalue weighted by molar-refractivity contribution is -0.155. The predicted octanol–water partition coefficient (Wildman–Crippen LogP) is 0.760. The van der Waals surface area contributed by atoms with Crippen LogP contribution in [0.15, 0.2) is 0 Å². The van der Waals surface area contributed by atoms with E-state index in [4.69, 9.17) is 13.6 Å². The minimum atomic E-state index is -2.20. The molecule has 0 aromatic rings. The lowest BCUT2D eigenvalue weighted by Crippen LogP contribution is -2.40. The fraction of sp³-hybridized carbons (Fsp3) is 0.800. The van der Waals surface area contributed by atoms with E-state index in [1.165, 1.54) is 14.2 Å². The van der Waals surface area contributed by atoms with Crippen molar-refractivity contribution in [1.82, 2.24) is 0 Å². The lowest BCUT2D eigenvalue weighted by atomic mass is 9.80. The van der Waals surface area contributed by atoms with Crippen LogP contribution >= 0.6 is 0 Å². The standard InChI is InChI=1S/C10H18O5Si/c1-5-10(6-2)7(16(13-3)14-4)8(11)15-9(10)12/h7,16H,5-6H2,1-4H3. The Morgan fingerprint density at radius 3 is 2.12 bits per heavy atom. The summed E-state index contributed by atoms with van der Waals surface area (Å²) in [6, 6.07) is 0. The lowest BCUT2D eigenvalue weighted by Gasteiger charge is -2.29.